The highest BCUT2D eigenvalue weighted by Gasteiger charge is 2.22. The van der Waals surface area contributed by atoms with Gasteiger partial charge in [0.25, 0.3) is 5.22 Å². The first-order valence-electron chi connectivity index (χ1n) is 8.22. The predicted molar refractivity (Wildman–Crippen MR) is 99.8 cm³/mol. The summed E-state index contributed by atoms with van der Waals surface area (Å²) in [5.41, 5.74) is 0.310. The molecule has 0 aliphatic rings. The summed E-state index contributed by atoms with van der Waals surface area (Å²) in [5, 5.41) is 8.46. The molecule has 26 heavy (non-hydrogen) atoms. The number of benzene rings is 1. The van der Waals surface area contributed by atoms with Crippen molar-refractivity contribution in [2.45, 2.75) is 32.9 Å². The molecule has 0 fully saturated rings. The lowest BCUT2D eigenvalue weighted by Gasteiger charge is -2.14. The summed E-state index contributed by atoms with van der Waals surface area (Å²) < 4.78 is 16.1. The van der Waals surface area contributed by atoms with Crippen molar-refractivity contribution in [2.24, 2.45) is 5.41 Å². The molecule has 0 bridgehead atoms. The normalized spacial score (nSPS) is 10.8. The van der Waals surface area contributed by atoms with Crippen LogP contribution in [-0.4, -0.2) is 35.1 Å². The van der Waals surface area contributed by atoms with Gasteiger partial charge in [0.1, 0.15) is 5.75 Å². The molecule has 1 aromatic heterocycles. The Labute approximate surface area is 157 Å². The number of aromatic nitrogens is 2. The SMILES string of the molecule is CCOc1ccc(-c2nnc(SCC#CCOC(=O)C(C)(C)C)o2)cc1. The van der Waals surface area contributed by atoms with Crippen molar-refractivity contribution >= 4 is 17.7 Å². The maximum atomic E-state index is 11.6. The standard InChI is InChI=1S/C19H22N2O4S/c1-5-23-15-10-8-14(9-11-15)16-20-21-18(25-16)26-13-7-6-12-24-17(22)19(2,3)4/h8-11H,5,12-13H2,1-4H3. The van der Waals surface area contributed by atoms with Gasteiger partial charge in [0, 0.05) is 5.56 Å². The maximum absolute atomic E-state index is 11.6. The molecule has 1 aromatic carbocycles. The molecule has 0 N–H and O–H groups in total. The van der Waals surface area contributed by atoms with Crippen LogP contribution >= 0.6 is 11.8 Å². The maximum Gasteiger partial charge on any atom is 0.312 e. The molecule has 0 aliphatic heterocycles. The van der Waals surface area contributed by atoms with Gasteiger partial charge in [-0.25, -0.2) is 0 Å². The van der Waals surface area contributed by atoms with E-state index in [9.17, 15) is 4.79 Å². The van der Waals surface area contributed by atoms with E-state index in [2.05, 4.69) is 22.0 Å². The van der Waals surface area contributed by atoms with E-state index in [1.165, 1.54) is 11.8 Å². The zero-order valence-corrected chi connectivity index (χ0v) is 16.2. The van der Waals surface area contributed by atoms with Crippen LogP contribution in [0.15, 0.2) is 33.9 Å². The third-order valence-corrected chi connectivity index (χ3v) is 3.80. The summed E-state index contributed by atoms with van der Waals surface area (Å²) >= 11 is 1.33. The van der Waals surface area contributed by atoms with E-state index in [0.29, 0.717) is 23.5 Å². The van der Waals surface area contributed by atoms with Gasteiger partial charge in [0.2, 0.25) is 5.89 Å². The van der Waals surface area contributed by atoms with Gasteiger partial charge in [-0.3, -0.25) is 4.79 Å². The number of esters is 1. The summed E-state index contributed by atoms with van der Waals surface area (Å²) in [6.45, 7) is 8.05. The average molecular weight is 374 g/mol. The summed E-state index contributed by atoms with van der Waals surface area (Å²) in [7, 11) is 0. The topological polar surface area (TPSA) is 74.5 Å². The zero-order chi connectivity index (χ0) is 19.0. The Bertz CT molecular complexity index is 782. The molecule has 7 heteroatoms. The van der Waals surface area contributed by atoms with Crippen LogP contribution in [0, 0.1) is 17.3 Å². The van der Waals surface area contributed by atoms with Crippen LogP contribution in [0.2, 0.25) is 0 Å². The summed E-state index contributed by atoms with van der Waals surface area (Å²) in [4.78, 5) is 11.6. The van der Waals surface area contributed by atoms with Crippen molar-refractivity contribution in [3.63, 3.8) is 0 Å². The van der Waals surface area contributed by atoms with Crippen LogP contribution in [0.4, 0.5) is 0 Å². The van der Waals surface area contributed by atoms with Crippen LogP contribution in [0.3, 0.4) is 0 Å². The Morgan fingerprint density at radius 1 is 1.19 bits per heavy atom. The Hall–Kier alpha value is -2.46. The predicted octanol–water partition coefficient (Wildman–Crippen LogP) is 3.82. The second kappa shape index (κ2) is 9.30. The molecule has 138 valence electrons. The van der Waals surface area contributed by atoms with Crippen molar-refractivity contribution in [1.29, 1.82) is 0 Å². The quantitative estimate of drug-likeness (QED) is 0.432. The first kappa shape index (κ1) is 19.9. The summed E-state index contributed by atoms with van der Waals surface area (Å²) in [6, 6.07) is 7.47. The van der Waals surface area contributed by atoms with Crippen molar-refractivity contribution in [2.75, 3.05) is 19.0 Å². The Morgan fingerprint density at radius 3 is 2.58 bits per heavy atom. The van der Waals surface area contributed by atoms with Gasteiger partial charge >= 0.3 is 5.97 Å². The molecule has 0 unspecified atom stereocenters. The van der Waals surface area contributed by atoms with Gasteiger partial charge in [-0.05, 0) is 52.0 Å². The Balaban J connectivity index is 1.80. The molecular formula is C19H22N2O4S. The first-order valence-corrected chi connectivity index (χ1v) is 9.21. The lowest BCUT2D eigenvalue weighted by Crippen LogP contribution is -2.22. The molecule has 0 radical (unpaired) electrons. The Morgan fingerprint density at radius 2 is 1.92 bits per heavy atom. The highest BCUT2D eigenvalue weighted by molar-refractivity contribution is 7.99. The number of ether oxygens (including phenoxy) is 2. The third-order valence-electron chi connectivity index (χ3n) is 3.10. The zero-order valence-electron chi connectivity index (χ0n) is 15.4. The molecule has 6 nitrogen and oxygen atoms in total. The lowest BCUT2D eigenvalue weighted by molar-refractivity contribution is -0.151. The molecule has 2 aromatic rings. The summed E-state index contributed by atoms with van der Waals surface area (Å²) in [6.07, 6.45) is 0. The monoisotopic (exact) mass is 374 g/mol. The van der Waals surface area contributed by atoms with Gasteiger partial charge in [0.05, 0.1) is 17.8 Å². The van der Waals surface area contributed by atoms with Crippen molar-refractivity contribution in [3.05, 3.63) is 24.3 Å². The number of thioether (sulfide) groups is 1. The van der Waals surface area contributed by atoms with E-state index in [4.69, 9.17) is 13.9 Å². The third kappa shape index (κ3) is 6.12. The number of nitrogens with zero attached hydrogens (tertiary/aromatic N) is 2. The van der Waals surface area contributed by atoms with Crippen LogP contribution < -0.4 is 4.74 Å². The van der Waals surface area contributed by atoms with E-state index < -0.39 is 5.41 Å². The van der Waals surface area contributed by atoms with Gasteiger partial charge in [-0.2, -0.15) is 0 Å². The van der Waals surface area contributed by atoms with Gasteiger partial charge in [-0.15, -0.1) is 10.2 Å². The highest BCUT2D eigenvalue weighted by atomic mass is 32.2. The van der Waals surface area contributed by atoms with Crippen LogP contribution in [0.1, 0.15) is 27.7 Å². The van der Waals surface area contributed by atoms with Crippen LogP contribution in [0.25, 0.3) is 11.5 Å². The minimum atomic E-state index is -0.516. The largest absolute Gasteiger partial charge is 0.494 e. The molecule has 0 aliphatic carbocycles. The molecule has 0 spiro atoms. The highest BCUT2D eigenvalue weighted by Crippen LogP contribution is 2.24. The number of carbonyl (C=O) groups is 1. The number of rotatable bonds is 6. The average Bonchev–Trinajstić information content (AvgIpc) is 3.07. The van der Waals surface area contributed by atoms with E-state index in [0.717, 1.165) is 11.3 Å². The second-order valence-electron chi connectivity index (χ2n) is 6.30. The van der Waals surface area contributed by atoms with E-state index >= 15 is 0 Å². The minimum absolute atomic E-state index is 0.0813. The molecule has 0 saturated heterocycles. The van der Waals surface area contributed by atoms with Gasteiger partial charge < -0.3 is 13.9 Å². The number of carbonyl (C=O) groups excluding carboxylic acids is 1. The molecule has 0 amide bonds. The molecular weight excluding hydrogens is 352 g/mol. The van der Waals surface area contributed by atoms with E-state index in [1.807, 2.05) is 31.2 Å². The fourth-order valence-corrected chi connectivity index (χ4v) is 2.30. The number of hydrogen-bond acceptors (Lipinski definition) is 7. The molecule has 2 rings (SSSR count). The first-order chi connectivity index (χ1) is 12.4. The lowest BCUT2D eigenvalue weighted by atomic mass is 9.97. The van der Waals surface area contributed by atoms with Crippen molar-refractivity contribution in [3.8, 4) is 29.0 Å². The molecule has 1 heterocycles. The minimum Gasteiger partial charge on any atom is -0.494 e. The van der Waals surface area contributed by atoms with Gasteiger partial charge in [-0.1, -0.05) is 23.6 Å². The fraction of sp³-hybridized carbons (Fsp3) is 0.421. The van der Waals surface area contributed by atoms with Crippen molar-refractivity contribution < 1.29 is 18.7 Å². The molecule has 0 atom stereocenters. The summed E-state index contributed by atoms with van der Waals surface area (Å²) in [5.74, 6) is 7.15. The smallest absolute Gasteiger partial charge is 0.312 e. The van der Waals surface area contributed by atoms with Crippen molar-refractivity contribution in [1.82, 2.24) is 10.2 Å². The van der Waals surface area contributed by atoms with Crippen LogP contribution in [0.5, 0.6) is 5.75 Å². The van der Waals surface area contributed by atoms with E-state index in [1.54, 1.807) is 20.8 Å². The fourth-order valence-electron chi connectivity index (χ4n) is 1.76. The number of hydrogen-bond donors (Lipinski definition) is 0. The molecule has 0 saturated carbocycles. The second-order valence-corrected chi connectivity index (χ2v) is 7.23. The van der Waals surface area contributed by atoms with Crippen LogP contribution in [-0.2, 0) is 9.53 Å². The van der Waals surface area contributed by atoms with Gasteiger partial charge in [0.15, 0.2) is 6.61 Å². The Kier molecular flexibility index (Phi) is 7.10. The van der Waals surface area contributed by atoms with E-state index in [-0.39, 0.29) is 12.6 Å².